The Labute approximate surface area is 102 Å². The quantitative estimate of drug-likeness (QED) is 0.901. The summed E-state index contributed by atoms with van der Waals surface area (Å²) >= 11 is 0. The van der Waals surface area contributed by atoms with E-state index in [0.29, 0.717) is 12.1 Å². The number of hydrogen-bond acceptors (Lipinski definition) is 2. The predicted octanol–water partition coefficient (Wildman–Crippen LogP) is 3.67. The van der Waals surface area contributed by atoms with Gasteiger partial charge in [0.15, 0.2) is 11.6 Å². The molecule has 0 spiro atoms. The summed E-state index contributed by atoms with van der Waals surface area (Å²) in [6.45, 7) is 1.75. The Morgan fingerprint density at radius 3 is 2.17 bits per heavy atom. The van der Waals surface area contributed by atoms with Crippen molar-refractivity contribution in [2.24, 2.45) is 0 Å². The normalized spacial score (nSPS) is 12.2. The smallest absolute Gasteiger partial charge is 0.152 e. The maximum atomic E-state index is 13.4. The van der Waals surface area contributed by atoms with Gasteiger partial charge in [0, 0.05) is 30.6 Å². The van der Waals surface area contributed by atoms with E-state index in [4.69, 9.17) is 0 Å². The fourth-order valence-electron chi connectivity index (χ4n) is 1.63. The summed E-state index contributed by atoms with van der Waals surface area (Å²) in [5.74, 6) is -2.84. The molecule has 2 rings (SSSR count). The molecule has 0 aliphatic carbocycles. The predicted molar refractivity (Wildman–Crippen MR) is 62.6 cm³/mol. The molecular formula is C13H11F3N2. The summed E-state index contributed by atoms with van der Waals surface area (Å²) in [5, 5.41) is 2.68. The van der Waals surface area contributed by atoms with Crippen LogP contribution in [-0.2, 0) is 0 Å². The Kier molecular flexibility index (Phi) is 3.50. The van der Waals surface area contributed by atoms with E-state index < -0.39 is 17.5 Å². The SMILES string of the molecule is CC(Nc1c(F)cc(F)cc1F)c1ccncc1. The second-order valence-corrected chi connectivity index (χ2v) is 3.89. The van der Waals surface area contributed by atoms with Crippen LogP contribution < -0.4 is 5.32 Å². The first kappa shape index (κ1) is 12.4. The van der Waals surface area contributed by atoms with Gasteiger partial charge in [-0.25, -0.2) is 13.2 Å². The fraction of sp³-hybridized carbons (Fsp3) is 0.154. The first-order chi connectivity index (χ1) is 8.58. The van der Waals surface area contributed by atoms with E-state index in [1.807, 2.05) is 0 Å². The molecule has 0 aliphatic rings. The van der Waals surface area contributed by atoms with Crippen molar-refractivity contribution in [3.63, 3.8) is 0 Å². The Morgan fingerprint density at radius 2 is 1.61 bits per heavy atom. The average molecular weight is 252 g/mol. The number of anilines is 1. The number of benzene rings is 1. The highest BCUT2D eigenvalue weighted by atomic mass is 19.1. The van der Waals surface area contributed by atoms with Crippen LogP contribution in [0.3, 0.4) is 0 Å². The van der Waals surface area contributed by atoms with Crippen LogP contribution in [0.15, 0.2) is 36.7 Å². The van der Waals surface area contributed by atoms with Crippen molar-refractivity contribution in [3.05, 3.63) is 59.7 Å². The highest BCUT2D eigenvalue weighted by Gasteiger charge is 2.14. The summed E-state index contributed by atoms with van der Waals surface area (Å²) in [6.07, 6.45) is 3.18. The van der Waals surface area contributed by atoms with Crippen LogP contribution in [-0.4, -0.2) is 4.98 Å². The lowest BCUT2D eigenvalue weighted by Crippen LogP contribution is -2.10. The van der Waals surface area contributed by atoms with E-state index in [1.165, 1.54) is 0 Å². The van der Waals surface area contributed by atoms with Gasteiger partial charge in [-0.15, -0.1) is 0 Å². The zero-order valence-electron chi connectivity index (χ0n) is 9.62. The molecule has 0 bridgehead atoms. The molecule has 94 valence electrons. The lowest BCUT2D eigenvalue weighted by atomic mass is 10.1. The van der Waals surface area contributed by atoms with Gasteiger partial charge in [-0.1, -0.05) is 0 Å². The summed E-state index contributed by atoms with van der Waals surface area (Å²) in [5.41, 5.74) is 0.494. The second kappa shape index (κ2) is 5.08. The van der Waals surface area contributed by atoms with Gasteiger partial charge in [-0.3, -0.25) is 4.98 Å². The summed E-state index contributed by atoms with van der Waals surface area (Å²) < 4.78 is 39.6. The molecule has 0 saturated carbocycles. The largest absolute Gasteiger partial charge is 0.374 e. The Morgan fingerprint density at radius 1 is 1.06 bits per heavy atom. The molecule has 18 heavy (non-hydrogen) atoms. The number of rotatable bonds is 3. The number of nitrogens with zero attached hydrogens (tertiary/aromatic N) is 1. The van der Waals surface area contributed by atoms with E-state index in [0.717, 1.165) is 5.56 Å². The van der Waals surface area contributed by atoms with Gasteiger partial charge in [0.1, 0.15) is 11.5 Å². The number of hydrogen-bond donors (Lipinski definition) is 1. The number of halogens is 3. The van der Waals surface area contributed by atoms with E-state index in [2.05, 4.69) is 10.3 Å². The molecule has 1 atom stereocenters. The molecule has 0 aliphatic heterocycles. The maximum absolute atomic E-state index is 13.4. The van der Waals surface area contributed by atoms with Crippen LogP contribution in [0.1, 0.15) is 18.5 Å². The molecule has 0 saturated heterocycles. The second-order valence-electron chi connectivity index (χ2n) is 3.89. The molecule has 1 unspecified atom stereocenters. The lowest BCUT2D eigenvalue weighted by Gasteiger charge is -2.16. The van der Waals surface area contributed by atoms with Crippen molar-refractivity contribution >= 4 is 5.69 Å². The Hall–Kier alpha value is -2.04. The fourth-order valence-corrected chi connectivity index (χ4v) is 1.63. The average Bonchev–Trinajstić information content (AvgIpc) is 2.34. The molecule has 2 nitrogen and oxygen atoms in total. The van der Waals surface area contributed by atoms with Gasteiger partial charge < -0.3 is 5.32 Å². The molecule has 0 fully saturated rings. The van der Waals surface area contributed by atoms with Crippen molar-refractivity contribution in [2.75, 3.05) is 5.32 Å². The first-order valence-electron chi connectivity index (χ1n) is 5.39. The van der Waals surface area contributed by atoms with Crippen molar-refractivity contribution in [3.8, 4) is 0 Å². The van der Waals surface area contributed by atoms with Crippen molar-refractivity contribution < 1.29 is 13.2 Å². The molecule has 0 amide bonds. The van der Waals surface area contributed by atoms with E-state index in [-0.39, 0.29) is 11.7 Å². The highest BCUT2D eigenvalue weighted by Crippen LogP contribution is 2.25. The third-order valence-electron chi connectivity index (χ3n) is 2.57. The summed E-state index contributed by atoms with van der Waals surface area (Å²) in [4.78, 5) is 3.86. The number of nitrogens with one attached hydrogen (secondary N) is 1. The zero-order valence-corrected chi connectivity index (χ0v) is 9.62. The van der Waals surface area contributed by atoms with Crippen LogP contribution in [0.4, 0.5) is 18.9 Å². The van der Waals surface area contributed by atoms with Gasteiger partial charge in [0.25, 0.3) is 0 Å². The highest BCUT2D eigenvalue weighted by molar-refractivity contribution is 5.48. The van der Waals surface area contributed by atoms with Crippen LogP contribution in [0.25, 0.3) is 0 Å². The lowest BCUT2D eigenvalue weighted by molar-refractivity contribution is 0.545. The van der Waals surface area contributed by atoms with E-state index in [1.54, 1.807) is 31.5 Å². The van der Waals surface area contributed by atoms with Gasteiger partial charge in [-0.05, 0) is 24.6 Å². The van der Waals surface area contributed by atoms with Gasteiger partial charge in [0.2, 0.25) is 0 Å². The van der Waals surface area contributed by atoms with Crippen molar-refractivity contribution in [2.45, 2.75) is 13.0 Å². The van der Waals surface area contributed by atoms with Crippen molar-refractivity contribution in [1.82, 2.24) is 4.98 Å². The molecule has 2 aromatic rings. The van der Waals surface area contributed by atoms with Gasteiger partial charge in [-0.2, -0.15) is 0 Å². The summed E-state index contributed by atoms with van der Waals surface area (Å²) in [6, 6.07) is 4.44. The van der Waals surface area contributed by atoms with Crippen LogP contribution >= 0.6 is 0 Å². The molecule has 1 aromatic heterocycles. The molecule has 1 heterocycles. The Balaban J connectivity index is 2.25. The van der Waals surface area contributed by atoms with Gasteiger partial charge in [0.05, 0.1) is 0 Å². The standard InChI is InChI=1S/C13H11F3N2/c1-8(9-2-4-17-5-3-9)18-13-11(15)6-10(14)7-12(13)16/h2-8,18H,1H3. The minimum Gasteiger partial charge on any atom is -0.374 e. The topological polar surface area (TPSA) is 24.9 Å². The first-order valence-corrected chi connectivity index (χ1v) is 5.39. The van der Waals surface area contributed by atoms with Crippen LogP contribution in [0.2, 0.25) is 0 Å². The molecule has 1 N–H and O–H groups in total. The maximum Gasteiger partial charge on any atom is 0.152 e. The minimum atomic E-state index is -0.951. The van der Waals surface area contributed by atoms with Crippen LogP contribution in [0, 0.1) is 17.5 Å². The van der Waals surface area contributed by atoms with Crippen LogP contribution in [0.5, 0.6) is 0 Å². The van der Waals surface area contributed by atoms with E-state index >= 15 is 0 Å². The Bertz CT molecular complexity index is 520. The minimum absolute atomic E-state index is 0.317. The molecule has 0 radical (unpaired) electrons. The zero-order chi connectivity index (χ0) is 13.1. The van der Waals surface area contributed by atoms with E-state index in [9.17, 15) is 13.2 Å². The number of aromatic nitrogens is 1. The monoisotopic (exact) mass is 252 g/mol. The van der Waals surface area contributed by atoms with Crippen molar-refractivity contribution in [1.29, 1.82) is 0 Å². The number of pyridine rings is 1. The molecule has 1 aromatic carbocycles. The van der Waals surface area contributed by atoms with Gasteiger partial charge >= 0.3 is 0 Å². The summed E-state index contributed by atoms with van der Waals surface area (Å²) in [7, 11) is 0. The third-order valence-corrected chi connectivity index (χ3v) is 2.57. The third kappa shape index (κ3) is 2.61. The molecular weight excluding hydrogens is 241 g/mol. The molecule has 5 heteroatoms.